The van der Waals surface area contributed by atoms with Gasteiger partial charge in [-0.2, -0.15) is 0 Å². The number of rotatable bonds is 2. The summed E-state index contributed by atoms with van der Waals surface area (Å²) in [5.74, 6) is 0. The molecule has 0 fully saturated rings. The van der Waals surface area contributed by atoms with E-state index in [1.807, 2.05) is 28.1 Å². The molecular formula is C6H15Cl2NO. The Balaban J connectivity index is 0. The quantitative estimate of drug-likeness (QED) is 0.230. The third-order valence-electron chi connectivity index (χ3n) is 1.48. The van der Waals surface area contributed by atoms with E-state index < -0.39 is 5.18 Å². The highest BCUT2D eigenvalue weighted by atomic mass is 35.5. The van der Waals surface area contributed by atoms with Gasteiger partial charge in [0.2, 0.25) is 0 Å². The summed E-state index contributed by atoms with van der Waals surface area (Å²) in [5, 5.41) is 8.29. The molecule has 1 unspecified atom stereocenters. The van der Waals surface area contributed by atoms with Crippen LogP contribution in [0.4, 0.5) is 0 Å². The fraction of sp³-hybridized carbons (Fsp3) is 1.00. The minimum atomic E-state index is -1.11. The van der Waals surface area contributed by atoms with Gasteiger partial charge in [0, 0.05) is 6.42 Å². The highest BCUT2D eigenvalue weighted by molar-refractivity contribution is 6.21. The van der Waals surface area contributed by atoms with Gasteiger partial charge in [-0.3, -0.25) is 4.48 Å². The predicted octanol–water partition coefficient (Wildman–Crippen LogP) is -2.01. The number of nitrogens with zero attached hydrogens (tertiary/aromatic N) is 1. The fourth-order valence-electron chi connectivity index (χ4n) is 0.474. The molecule has 0 aromatic heterocycles. The Labute approximate surface area is 73.8 Å². The Morgan fingerprint density at radius 2 is 1.70 bits per heavy atom. The molecule has 0 aliphatic rings. The molecule has 64 valence electrons. The van der Waals surface area contributed by atoms with Gasteiger partial charge in [0.05, 0.1) is 21.1 Å². The average Bonchev–Trinajstić information content (AvgIpc) is 1.64. The lowest BCUT2D eigenvalue weighted by Gasteiger charge is -2.35. The molecule has 0 heterocycles. The molecule has 10 heavy (non-hydrogen) atoms. The summed E-state index contributed by atoms with van der Waals surface area (Å²) >= 11 is 5.72. The third-order valence-corrected chi connectivity index (χ3v) is 2.25. The standard InChI is InChI=1S/C6H15ClNO.ClH/c1-5-6(7,9)8(2,3)4;/h9H,5H2,1-4H3;1H/q+1;/p-1. The highest BCUT2D eigenvalue weighted by Crippen LogP contribution is 2.23. The molecule has 2 nitrogen and oxygen atoms in total. The molecule has 0 aliphatic carbocycles. The SMILES string of the molecule is CCC(O)(Cl)[N+](C)(C)C.[Cl-]. The van der Waals surface area contributed by atoms with Crippen LogP contribution in [0.25, 0.3) is 0 Å². The zero-order valence-electron chi connectivity index (χ0n) is 6.86. The molecule has 0 aromatic rings. The van der Waals surface area contributed by atoms with Crippen molar-refractivity contribution < 1.29 is 22.0 Å². The first kappa shape index (κ1) is 13.1. The van der Waals surface area contributed by atoms with Crippen molar-refractivity contribution in [3.8, 4) is 0 Å². The van der Waals surface area contributed by atoms with Crippen molar-refractivity contribution in [1.29, 1.82) is 0 Å². The minimum Gasteiger partial charge on any atom is -1.00 e. The summed E-state index contributed by atoms with van der Waals surface area (Å²) in [5.41, 5.74) is 0. The molecular weight excluding hydrogens is 173 g/mol. The summed E-state index contributed by atoms with van der Waals surface area (Å²) < 4.78 is 0.366. The molecule has 0 spiro atoms. The van der Waals surface area contributed by atoms with E-state index in [1.165, 1.54) is 0 Å². The number of hydrogen-bond acceptors (Lipinski definition) is 1. The van der Waals surface area contributed by atoms with Crippen LogP contribution >= 0.6 is 11.6 Å². The van der Waals surface area contributed by atoms with Crippen LogP contribution in [-0.2, 0) is 0 Å². The second kappa shape index (κ2) is 3.77. The number of alkyl halides is 1. The summed E-state index contributed by atoms with van der Waals surface area (Å²) in [7, 11) is 5.57. The Kier molecular flexibility index (Phi) is 4.94. The number of aliphatic hydroxyl groups is 1. The zero-order chi connectivity index (χ0) is 7.71. The van der Waals surface area contributed by atoms with Crippen LogP contribution in [0.2, 0.25) is 0 Å². The van der Waals surface area contributed by atoms with E-state index in [-0.39, 0.29) is 12.4 Å². The van der Waals surface area contributed by atoms with Crippen LogP contribution in [0, 0.1) is 0 Å². The first-order valence-electron chi connectivity index (χ1n) is 3.04. The fourth-order valence-corrected chi connectivity index (χ4v) is 0.474. The van der Waals surface area contributed by atoms with Crippen molar-refractivity contribution in [3.63, 3.8) is 0 Å². The van der Waals surface area contributed by atoms with Crippen molar-refractivity contribution in [2.75, 3.05) is 21.1 Å². The van der Waals surface area contributed by atoms with E-state index in [0.717, 1.165) is 0 Å². The Morgan fingerprint density at radius 1 is 1.40 bits per heavy atom. The number of quaternary nitrogens is 1. The maximum absolute atomic E-state index is 9.40. The van der Waals surface area contributed by atoms with Crippen LogP contribution in [0.15, 0.2) is 0 Å². The molecule has 1 atom stereocenters. The summed E-state index contributed by atoms with van der Waals surface area (Å²) in [6, 6.07) is 0. The van der Waals surface area contributed by atoms with E-state index in [4.69, 9.17) is 11.6 Å². The van der Waals surface area contributed by atoms with Gasteiger partial charge in [-0.25, -0.2) is 0 Å². The smallest absolute Gasteiger partial charge is 0.279 e. The highest BCUT2D eigenvalue weighted by Gasteiger charge is 2.36. The lowest BCUT2D eigenvalue weighted by molar-refractivity contribution is -0.933. The Bertz CT molecular complexity index is 98.4. The lowest BCUT2D eigenvalue weighted by atomic mass is 10.3. The van der Waals surface area contributed by atoms with Crippen molar-refractivity contribution in [3.05, 3.63) is 0 Å². The maximum atomic E-state index is 9.40. The maximum Gasteiger partial charge on any atom is 0.279 e. The van der Waals surface area contributed by atoms with Crippen molar-refractivity contribution >= 4 is 11.6 Å². The Morgan fingerprint density at radius 3 is 1.70 bits per heavy atom. The van der Waals surface area contributed by atoms with E-state index in [2.05, 4.69) is 0 Å². The molecule has 0 radical (unpaired) electrons. The number of halogens is 2. The minimum absolute atomic E-state index is 0. The van der Waals surface area contributed by atoms with Gasteiger partial charge in [0.1, 0.15) is 0 Å². The van der Waals surface area contributed by atoms with Crippen molar-refractivity contribution in [1.82, 2.24) is 0 Å². The average molecular weight is 188 g/mol. The molecule has 0 bridgehead atoms. The van der Waals surface area contributed by atoms with Crippen molar-refractivity contribution in [2.45, 2.75) is 18.5 Å². The second-order valence-corrected chi connectivity index (χ2v) is 3.69. The molecule has 4 heteroatoms. The topological polar surface area (TPSA) is 20.2 Å². The van der Waals surface area contributed by atoms with Crippen LogP contribution in [0.5, 0.6) is 0 Å². The van der Waals surface area contributed by atoms with Gasteiger partial charge < -0.3 is 17.5 Å². The van der Waals surface area contributed by atoms with Crippen molar-refractivity contribution in [2.24, 2.45) is 0 Å². The summed E-state index contributed by atoms with van der Waals surface area (Å²) in [6.45, 7) is 1.86. The lowest BCUT2D eigenvalue weighted by Crippen LogP contribution is -3.00. The molecule has 1 N–H and O–H groups in total. The predicted molar refractivity (Wildman–Crippen MR) is 39.1 cm³/mol. The normalized spacial score (nSPS) is 17.4. The zero-order valence-corrected chi connectivity index (χ0v) is 8.37. The van der Waals surface area contributed by atoms with E-state index in [0.29, 0.717) is 10.9 Å². The van der Waals surface area contributed by atoms with E-state index >= 15 is 0 Å². The van der Waals surface area contributed by atoms with Gasteiger partial charge in [0.25, 0.3) is 5.18 Å². The van der Waals surface area contributed by atoms with E-state index in [1.54, 1.807) is 0 Å². The van der Waals surface area contributed by atoms with Gasteiger partial charge in [-0.05, 0) is 11.6 Å². The summed E-state index contributed by atoms with van der Waals surface area (Å²) in [6.07, 6.45) is 0.554. The first-order valence-corrected chi connectivity index (χ1v) is 3.42. The van der Waals surface area contributed by atoms with Crippen LogP contribution in [-0.4, -0.2) is 35.9 Å². The van der Waals surface area contributed by atoms with E-state index in [9.17, 15) is 5.11 Å². The Hall–Kier alpha value is 0.500. The molecule has 0 aromatic carbocycles. The molecule has 0 rings (SSSR count). The largest absolute Gasteiger partial charge is 1.00 e. The number of hydrogen-bond donors (Lipinski definition) is 1. The summed E-state index contributed by atoms with van der Waals surface area (Å²) in [4.78, 5) is 0. The van der Waals surface area contributed by atoms with Gasteiger partial charge in [-0.15, -0.1) is 0 Å². The third kappa shape index (κ3) is 3.06. The van der Waals surface area contributed by atoms with Crippen LogP contribution in [0.1, 0.15) is 13.3 Å². The van der Waals surface area contributed by atoms with Gasteiger partial charge >= 0.3 is 0 Å². The first-order chi connectivity index (χ1) is 3.81. The van der Waals surface area contributed by atoms with Gasteiger partial charge in [0.15, 0.2) is 0 Å². The molecule has 0 aliphatic heterocycles. The molecule has 0 saturated carbocycles. The monoisotopic (exact) mass is 187 g/mol. The molecule has 0 amide bonds. The van der Waals surface area contributed by atoms with Crippen LogP contribution < -0.4 is 12.4 Å². The van der Waals surface area contributed by atoms with Gasteiger partial charge in [-0.1, -0.05) is 6.92 Å². The second-order valence-electron chi connectivity index (χ2n) is 3.08. The molecule has 0 saturated heterocycles. The van der Waals surface area contributed by atoms with Crippen LogP contribution in [0.3, 0.4) is 0 Å².